The van der Waals surface area contributed by atoms with E-state index in [0.717, 1.165) is 17.1 Å². The minimum absolute atomic E-state index is 0.123. The zero-order valence-electron chi connectivity index (χ0n) is 13.2. The third-order valence-electron chi connectivity index (χ3n) is 3.44. The first-order valence-corrected chi connectivity index (χ1v) is 11.0. The lowest BCUT2D eigenvalue weighted by molar-refractivity contribution is -0.118. The van der Waals surface area contributed by atoms with Crippen molar-refractivity contribution >= 4 is 44.2 Å². The minimum Gasteiger partial charge on any atom is -0.300 e. The number of hydrogen-bond acceptors (Lipinski definition) is 7. The molecule has 0 saturated heterocycles. The second-order valence-corrected chi connectivity index (χ2v) is 10.0. The minimum atomic E-state index is -3.66. The second-order valence-electron chi connectivity index (χ2n) is 5.69. The van der Waals surface area contributed by atoms with Gasteiger partial charge in [0.05, 0.1) is 0 Å². The molecule has 1 aliphatic carbocycles. The van der Waals surface area contributed by atoms with Gasteiger partial charge in [0.2, 0.25) is 15.4 Å². The van der Waals surface area contributed by atoms with Crippen molar-refractivity contribution in [3.8, 4) is 0 Å². The van der Waals surface area contributed by atoms with Gasteiger partial charge < -0.3 is 5.32 Å². The van der Waals surface area contributed by atoms with Gasteiger partial charge in [-0.25, -0.2) is 13.1 Å². The third-order valence-corrected chi connectivity index (χ3v) is 7.49. The first-order valence-electron chi connectivity index (χ1n) is 7.64. The van der Waals surface area contributed by atoms with Crippen LogP contribution in [0.3, 0.4) is 0 Å². The summed E-state index contributed by atoms with van der Waals surface area (Å²) in [7, 11) is -3.66. The fourth-order valence-electron chi connectivity index (χ4n) is 2.14. The summed E-state index contributed by atoms with van der Waals surface area (Å²) in [6.45, 7) is 3.87. The largest absolute Gasteiger partial charge is 0.300 e. The number of carbonyl (C=O) groups excluding carboxylic acids is 1. The fraction of sp³-hybridized carbons (Fsp3) is 0.769. The standard InChI is InChI=1S/C13H22N4O3S3/c1-9(2)11(18)15-12-16-17-13(22-12)23(19,20)14-7-8-21-10-5-3-4-6-10/h9-10,14H,3-8H2,1-2H3,(H,15,16,18). The van der Waals surface area contributed by atoms with Crippen molar-refractivity contribution in [2.24, 2.45) is 5.92 Å². The van der Waals surface area contributed by atoms with E-state index in [0.29, 0.717) is 11.8 Å². The number of hydrogen-bond donors (Lipinski definition) is 2. The molecule has 1 aliphatic rings. The lowest BCUT2D eigenvalue weighted by Crippen LogP contribution is -2.26. The quantitative estimate of drug-likeness (QED) is 0.530. The molecule has 1 fully saturated rings. The van der Waals surface area contributed by atoms with Crippen LogP contribution >= 0.6 is 23.1 Å². The molecule has 1 aromatic rings. The van der Waals surface area contributed by atoms with E-state index in [1.807, 2.05) is 11.8 Å². The first kappa shape index (κ1) is 18.6. The normalized spacial score (nSPS) is 16.1. The molecule has 0 aromatic carbocycles. The van der Waals surface area contributed by atoms with E-state index in [2.05, 4.69) is 20.2 Å². The molecule has 7 nitrogen and oxygen atoms in total. The van der Waals surface area contributed by atoms with Crippen molar-refractivity contribution in [1.82, 2.24) is 14.9 Å². The summed E-state index contributed by atoms with van der Waals surface area (Å²) >= 11 is 2.68. The predicted octanol–water partition coefficient (Wildman–Crippen LogP) is 2.09. The molecule has 1 heterocycles. The third kappa shape index (κ3) is 5.70. The maximum atomic E-state index is 12.1. The lowest BCUT2D eigenvalue weighted by Gasteiger charge is -2.08. The molecule has 10 heteroatoms. The molecule has 0 spiro atoms. The van der Waals surface area contributed by atoms with Crippen LogP contribution in [0.5, 0.6) is 0 Å². The molecular weight excluding hydrogens is 356 g/mol. The number of nitrogens with one attached hydrogen (secondary N) is 2. The number of thioether (sulfide) groups is 1. The Morgan fingerprint density at radius 1 is 1.35 bits per heavy atom. The van der Waals surface area contributed by atoms with Crippen LogP contribution in [0.2, 0.25) is 0 Å². The monoisotopic (exact) mass is 378 g/mol. The van der Waals surface area contributed by atoms with E-state index >= 15 is 0 Å². The van der Waals surface area contributed by atoms with Crippen LogP contribution in [0.25, 0.3) is 0 Å². The molecular formula is C13H22N4O3S3. The van der Waals surface area contributed by atoms with Gasteiger partial charge in [0.15, 0.2) is 0 Å². The maximum Gasteiger partial charge on any atom is 0.269 e. The Morgan fingerprint density at radius 3 is 2.70 bits per heavy atom. The van der Waals surface area contributed by atoms with E-state index in [1.165, 1.54) is 25.7 Å². The molecule has 0 aliphatic heterocycles. The van der Waals surface area contributed by atoms with Crippen LogP contribution in [-0.2, 0) is 14.8 Å². The number of nitrogens with zero attached hydrogens (tertiary/aromatic N) is 2. The Kier molecular flexibility index (Phi) is 6.81. The fourth-order valence-corrected chi connectivity index (χ4v) is 5.46. The van der Waals surface area contributed by atoms with Crippen molar-refractivity contribution in [2.75, 3.05) is 17.6 Å². The van der Waals surface area contributed by atoms with Gasteiger partial charge in [-0.05, 0) is 12.8 Å². The van der Waals surface area contributed by atoms with Crippen LogP contribution in [0.1, 0.15) is 39.5 Å². The Balaban J connectivity index is 1.81. The summed E-state index contributed by atoms with van der Waals surface area (Å²) in [4.78, 5) is 11.6. The zero-order valence-corrected chi connectivity index (χ0v) is 15.7. The van der Waals surface area contributed by atoms with Crippen LogP contribution in [0.4, 0.5) is 5.13 Å². The molecule has 2 N–H and O–H groups in total. The molecule has 0 radical (unpaired) electrons. The Bertz CT molecular complexity index is 624. The average molecular weight is 379 g/mol. The average Bonchev–Trinajstić information content (AvgIpc) is 3.15. The Morgan fingerprint density at radius 2 is 2.04 bits per heavy atom. The molecule has 0 unspecified atom stereocenters. The number of aromatic nitrogens is 2. The Labute approximate surface area is 145 Å². The predicted molar refractivity (Wildman–Crippen MR) is 93.3 cm³/mol. The van der Waals surface area contributed by atoms with Gasteiger partial charge in [-0.2, -0.15) is 11.8 Å². The summed E-state index contributed by atoms with van der Waals surface area (Å²) in [5, 5.41) is 10.8. The van der Waals surface area contributed by atoms with Crippen molar-refractivity contribution in [3.05, 3.63) is 0 Å². The van der Waals surface area contributed by atoms with E-state index in [1.54, 1.807) is 13.8 Å². The molecule has 1 aromatic heterocycles. The van der Waals surface area contributed by atoms with Gasteiger partial charge in [-0.15, -0.1) is 10.2 Å². The zero-order chi connectivity index (χ0) is 16.9. The van der Waals surface area contributed by atoms with E-state index in [-0.39, 0.29) is 21.3 Å². The number of rotatable bonds is 8. The number of anilines is 1. The van der Waals surface area contributed by atoms with Crippen molar-refractivity contribution in [3.63, 3.8) is 0 Å². The van der Waals surface area contributed by atoms with Gasteiger partial charge in [-0.3, -0.25) is 4.79 Å². The number of carbonyl (C=O) groups is 1. The van der Waals surface area contributed by atoms with Gasteiger partial charge in [0.25, 0.3) is 10.0 Å². The summed E-state index contributed by atoms with van der Waals surface area (Å²) in [5.74, 6) is 0.329. The summed E-state index contributed by atoms with van der Waals surface area (Å²) in [6.07, 6.45) is 5.01. The maximum absolute atomic E-state index is 12.1. The second kappa shape index (κ2) is 8.41. The molecule has 0 bridgehead atoms. The highest BCUT2D eigenvalue weighted by Crippen LogP contribution is 2.29. The number of sulfonamides is 1. The van der Waals surface area contributed by atoms with Crippen LogP contribution in [0.15, 0.2) is 4.34 Å². The summed E-state index contributed by atoms with van der Waals surface area (Å²) in [6, 6.07) is 0. The van der Waals surface area contributed by atoms with Crippen LogP contribution in [0, 0.1) is 5.92 Å². The Hall–Kier alpha value is -0.710. The molecule has 130 valence electrons. The van der Waals surface area contributed by atoms with E-state index in [4.69, 9.17) is 0 Å². The van der Waals surface area contributed by atoms with Gasteiger partial charge >= 0.3 is 0 Å². The molecule has 1 saturated carbocycles. The highest BCUT2D eigenvalue weighted by Gasteiger charge is 2.21. The molecule has 23 heavy (non-hydrogen) atoms. The van der Waals surface area contributed by atoms with E-state index < -0.39 is 10.0 Å². The SMILES string of the molecule is CC(C)C(=O)Nc1nnc(S(=O)(=O)NCCSC2CCCC2)s1. The highest BCUT2D eigenvalue weighted by molar-refractivity contribution is 8.00. The molecule has 2 rings (SSSR count). The van der Waals surface area contributed by atoms with Gasteiger partial charge in [0, 0.05) is 23.5 Å². The van der Waals surface area contributed by atoms with Crippen LogP contribution in [-0.4, -0.2) is 42.1 Å². The lowest BCUT2D eigenvalue weighted by atomic mass is 10.2. The van der Waals surface area contributed by atoms with Crippen molar-refractivity contribution in [1.29, 1.82) is 0 Å². The topological polar surface area (TPSA) is 101 Å². The van der Waals surface area contributed by atoms with Gasteiger partial charge in [0.1, 0.15) is 0 Å². The van der Waals surface area contributed by atoms with Crippen molar-refractivity contribution < 1.29 is 13.2 Å². The van der Waals surface area contributed by atoms with Crippen molar-refractivity contribution in [2.45, 2.75) is 49.1 Å². The smallest absolute Gasteiger partial charge is 0.269 e. The summed E-state index contributed by atoms with van der Waals surface area (Å²) in [5.41, 5.74) is 0. The number of amides is 1. The summed E-state index contributed by atoms with van der Waals surface area (Å²) < 4.78 is 26.7. The first-order chi connectivity index (χ1) is 10.9. The van der Waals surface area contributed by atoms with Crippen LogP contribution < -0.4 is 10.0 Å². The molecule has 1 amide bonds. The van der Waals surface area contributed by atoms with Gasteiger partial charge in [-0.1, -0.05) is 38.0 Å². The molecule has 0 atom stereocenters. The van der Waals surface area contributed by atoms with E-state index in [9.17, 15) is 13.2 Å². The highest BCUT2D eigenvalue weighted by atomic mass is 32.2.